The van der Waals surface area contributed by atoms with Crippen LogP contribution in [0, 0.1) is 16.0 Å². The molecule has 1 N–H and O–H groups in total. The zero-order valence-corrected chi connectivity index (χ0v) is 14.1. The lowest BCUT2D eigenvalue weighted by molar-refractivity contribution is -0.384. The average Bonchev–Trinajstić information content (AvgIpc) is 2.60. The number of benzene rings is 2. The third-order valence-corrected chi connectivity index (χ3v) is 3.47. The highest BCUT2D eigenvalue weighted by molar-refractivity contribution is 6.01. The van der Waals surface area contributed by atoms with E-state index in [1.54, 1.807) is 24.3 Å². The van der Waals surface area contributed by atoms with Gasteiger partial charge in [0.15, 0.2) is 0 Å². The fourth-order valence-corrected chi connectivity index (χ4v) is 2.21. The summed E-state index contributed by atoms with van der Waals surface area (Å²) >= 11 is 0. The first-order chi connectivity index (χ1) is 12.0. The standard InChI is InChI=1S/C18H20N2O5/c1-13(2)18(19-21)14-3-7-16(8-4-14)24-11-12-25-17-9-5-15(6-10-17)20(22)23/h3-10,13,21H,11-12H2,1-2H3. The first kappa shape index (κ1) is 18.3. The average molecular weight is 344 g/mol. The van der Waals surface area contributed by atoms with Crippen molar-refractivity contribution in [1.29, 1.82) is 0 Å². The summed E-state index contributed by atoms with van der Waals surface area (Å²) in [6.45, 7) is 4.56. The molecule has 2 rings (SSSR count). The molecular weight excluding hydrogens is 324 g/mol. The van der Waals surface area contributed by atoms with E-state index in [0.717, 1.165) is 5.56 Å². The van der Waals surface area contributed by atoms with Gasteiger partial charge in [0.1, 0.15) is 24.7 Å². The van der Waals surface area contributed by atoms with Crippen LogP contribution in [0.3, 0.4) is 0 Å². The third-order valence-electron chi connectivity index (χ3n) is 3.47. The Kier molecular flexibility index (Phi) is 6.33. The van der Waals surface area contributed by atoms with E-state index in [0.29, 0.717) is 30.4 Å². The molecule has 0 fully saturated rings. The largest absolute Gasteiger partial charge is 0.490 e. The van der Waals surface area contributed by atoms with Crippen LogP contribution >= 0.6 is 0 Å². The Hall–Kier alpha value is -3.09. The third kappa shape index (κ3) is 5.20. The predicted octanol–water partition coefficient (Wildman–Crippen LogP) is 3.89. The maximum atomic E-state index is 10.6. The molecule has 0 aliphatic heterocycles. The smallest absolute Gasteiger partial charge is 0.269 e. The molecule has 0 radical (unpaired) electrons. The Balaban J connectivity index is 1.81. The number of ether oxygens (including phenoxy) is 2. The summed E-state index contributed by atoms with van der Waals surface area (Å²) in [7, 11) is 0. The molecule has 0 saturated heterocycles. The van der Waals surface area contributed by atoms with Gasteiger partial charge in [-0.3, -0.25) is 10.1 Å². The number of nitro groups is 1. The highest BCUT2D eigenvalue weighted by Gasteiger charge is 2.09. The maximum Gasteiger partial charge on any atom is 0.269 e. The van der Waals surface area contributed by atoms with Gasteiger partial charge in [0.2, 0.25) is 0 Å². The molecule has 2 aromatic carbocycles. The van der Waals surface area contributed by atoms with Crippen molar-refractivity contribution in [1.82, 2.24) is 0 Å². The van der Waals surface area contributed by atoms with Crippen LogP contribution in [0.5, 0.6) is 11.5 Å². The zero-order chi connectivity index (χ0) is 18.2. The molecule has 7 heteroatoms. The molecule has 7 nitrogen and oxygen atoms in total. The monoisotopic (exact) mass is 344 g/mol. The van der Waals surface area contributed by atoms with E-state index in [1.165, 1.54) is 12.1 Å². The van der Waals surface area contributed by atoms with Gasteiger partial charge in [0, 0.05) is 12.1 Å². The SMILES string of the molecule is CC(C)C(=NO)c1ccc(OCCOc2ccc([N+](=O)[O-])cc2)cc1. The van der Waals surface area contributed by atoms with Crippen molar-refractivity contribution < 1.29 is 19.6 Å². The van der Waals surface area contributed by atoms with E-state index in [1.807, 2.05) is 26.0 Å². The van der Waals surface area contributed by atoms with Gasteiger partial charge in [-0.2, -0.15) is 0 Å². The van der Waals surface area contributed by atoms with Crippen molar-refractivity contribution in [2.75, 3.05) is 13.2 Å². The minimum Gasteiger partial charge on any atom is -0.490 e. The second-order valence-electron chi connectivity index (χ2n) is 5.61. The molecule has 0 unspecified atom stereocenters. The van der Waals surface area contributed by atoms with Crippen LogP contribution in [0.25, 0.3) is 0 Å². The Labute approximate surface area is 145 Å². The molecule has 0 amide bonds. The molecule has 0 aliphatic rings. The summed E-state index contributed by atoms with van der Waals surface area (Å²) in [6.07, 6.45) is 0. The first-order valence-electron chi connectivity index (χ1n) is 7.83. The molecule has 2 aromatic rings. The Morgan fingerprint density at radius 2 is 1.52 bits per heavy atom. The molecule has 0 spiro atoms. The van der Waals surface area contributed by atoms with Gasteiger partial charge in [0.25, 0.3) is 5.69 Å². The van der Waals surface area contributed by atoms with Gasteiger partial charge < -0.3 is 14.7 Å². The summed E-state index contributed by atoms with van der Waals surface area (Å²) in [5, 5.41) is 23.0. The summed E-state index contributed by atoms with van der Waals surface area (Å²) in [4.78, 5) is 10.1. The lowest BCUT2D eigenvalue weighted by atomic mass is 10.0. The number of non-ortho nitro benzene ring substituents is 1. The minimum absolute atomic E-state index is 0.0240. The van der Waals surface area contributed by atoms with Gasteiger partial charge in [-0.05, 0) is 47.9 Å². The van der Waals surface area contributed by atoms with Crippen LogP contribution in [-0.4, -0.2) is 29.1 Å². The molecular formula is C18H20N2O5. The van der Waals surface area contributed by atoms with Gasteiger partial charge in [-0.15, -0.1) is 0 Å². The normalized spacial score (nSPS) is 11.4. The minimum atomic E-state index is -0.456. The van der Waals surface area contributed by atoms with Crippen LogP contribution in [0.15, 0.2) is 53.7 Å². The second-order valence-corrected chi connectivity index (χ2v) is 5.61. The highest BCUT2D eigenvalue weighted by Crippen LogP contribution is 2.18. The fourth-order valence-electron chi connectivity index (χ4n) is 2.21. The molecule has 25 heavy (non-hydrogen) atoms. The summed E-state index contributed by atoms with van der Waals surface area (Å²) in [5.74, 6) is 1.34. The highest BCUT2D eigenvalue weighted by atomic mass is 16.6. The summed E-state index contributed by atoms with van der Waals surface area (Å²) < 4.78 is 11.1. The molecule has 0 aliphatic carbocycles. The van der Waals surface area contributed by atoms with Crippen LogP contribution in [0.1, 0.15) is 19.4 Å². The summed E-state index contributed by atoms with van der Waals surface area (Å²) in [6, 6.07) is 13.2. The number of hydrogen-bond acceptors (Lipinski definition) is 6. The van der Waals surface area contributed by atoms with Gasteiger partial charge in [0.05, 0.1) is 10.6 Å². The lowest BCUT2D eigenvalue weighted by Crippen LogP contribution is -2.10. The maximum absolute atomic E-state index is 10.6. The van der Waals surface area contributed by atoms with Crippen LogP contribution in [-0.2, 0) is 0 Å². The van der Waals surface area contributed by atoms with E-state index in [-0.39, 0.29) is 11.6 Å². The Bertz CT molecular complexity index is 724. The second kappa shape index (κ2) is 8.68. The predicted molar refractivity (Wildman–Crippen MR) is 93.7 cm³/mol. The van der Waals surface area contributed by atoms with Crippen LogP contribution in [0.2, 0.25) is 0 Å². The fraction of sp³-hybridized carbons (Fsp3) is 0.278. The molecule has 0 aromatic heterocycles. The van der Waals surface area contributed by atoms with E-state index in [2.05, 4.69) is 5.16 Å². The van der Waals surface area contributed by atoms with Gasteiger partial charge in [-0.1, -0.05) is 19.0 Å². The van der Waals surface area contributed by atoms with E-state index < -0.39 is 4.92 Å². The van der Waals surface area contributed by atoms with Crippen molar-refractivity contribution in [3.8, 4) is 11.5 Å². The van der Waals surface area contributed by atoms with E-state index in [9.17, 15) is 10.1 Å². The van der Waals surface area contributed by atoms with Crippen molar-refractivity contribution in [2.24, 2.45) is 11.1 Å². The Morgan fingerprint density at radius 3 is 1.92 bits per heavy atom. The quantitative estimate of drug-likeness (QED) is 0.258. The van der Waals surface area contributed by atoms with Gasteiger partial charge in [-0.25, -0.2) is 0 Å². The first-order valence-corrected chi connectivity index (χ1v) is 7.83. The molecule has 132 valence electrons. The van der Waals surface area contributed by atoms with Crippen LogP contribution < -0.4 is 9.47 Å². The number of oxime groups is 1. The molecule has 0 atom stereocenters. The van der Waals surface area contributed by atoms with E-state index >= 15 is 0 Å². The van der Waals surface area contributed by atoms with Crippen molar-refractivity contribution >= 4 is 11.4 Å². The number of hydrogen-bond donors (Lipinski definition) is 1. The molecule has 0 bridgehead atoms. The topological polar surface area (TPSA) is 94.2 Å². The zero-order valence-electron chi connectivity index (χ0n) is 14.1. The van der Waals surface area contributed by atoms with Crippen molar-refractivity contribution in [3.05, 3.63) is 64.2 Å². The lowest BCUT2D eigenvalue weighted by Gasteiger charge is -2.10. The van der Waals surface area contributed by atoms with Crippen molar-refractivity contribution in [3.63, 3.8) is 0 Å². The summed E-state index contributed by atoms with van der Waals surface area (Å²) in [5.41, 5.74) is 1.48. The van der Waals surface area contributed by atoms with Gasteiger partial charge >= 0.3 is 0 Å². The Morgan fingerprint density at radius 1 is 1.04 bits per heavy atom. The molecule has 0 saturated carbocycles. The number of rotatable bonds is 8. The molecule has 0 heterocycles. The van der Waals surface area contributed by atoms with E-state index in [4.69, 9.17) is 14.7 Å². The number of nitrogens with zero attached hydrogens (tertiary/aromatic N) is 2. The van der Waals surface area contributed by atoms with Crippen molar-refractivity contribution in [2.45, 2.75) is 13.8 Å². The van der Waals surface area contributed by atoms with Crippen LogP contribution in [0.4, 0.5) is 5.69 Å². The number of nitro benzene ring substituents is 1.